The second-order valence-corrected chi connectivity index (χ2v) is 6.65. The van der Waals surface area contributed by atoms with Crippen LogP contribution >= 0.6 is 27.5 Å². The number of nitrogens with zero attached hydrogens (tertiary/aromatic N) is 2. The Morgan fingerprint density at radius 3 is 2.64 bits per heavy atom. The van der Waals surface area contributed by atoms with Gasteiger partial charge >= 0.3 is 5.97 Å². The van der Waals surface area contributed by atoms with Crippen molar-refractivity contribution < 1.29 is 19.1 Å². The van der Waals surface area contributed by atoms with Gasteiger partial charge in [-0.25, -0.2) is 4.98 Å². The molecule has 128 valence electrons. The molecule has 2 heterocycles. The van der Waals surface area contributed by atoms with Gasteiger partial charge in [0.1, 0.15) is 11.8 Å². The van der Waals surface area contributed by atoms with Gasteiger partial charge in [-0.2, -0.15) is 0 Å². The predicted octanol–water partition coefficient (Wildman–Crippen LogP) is 3.23. The molecular weight excluding hydrogens is 412 g/mol. The van der Waals surface area contributed by atoms with Crippen LogP contribution < -0.4 is 0 Å². The van der Waals surface area contributed by atoms with E-state index in [0.29, 0.717) is 26.3 Å². The van der Waals surface area contributed by atoms with Crippen LogP contribution in [0.4, 0.5) is 0 Å². The molecule has 6 nitrogen and oxygen atoms in total. The molecule has 0 radical (unpaired) electrons. The number of imide groups is 1. The number of aromatic nitrogens is 1. The lowest BCUT2D eigenvalue weighted by molar-refractivity contribution is -0.145. The maximum Gasteiger partial charge on any atom is 0.307 e. The number of ether oxygens (including phenoxy) is 1. The third-order valence-corrected chi connectivity index (χ3v) is 4.38. The fraction of sp³-hybridized carbons (Fsp3) is 0.176. The quantitative estimate of drug-likeness (QED) is 0.419. The van der Waals surface area contributed by atoms with Crippen molar-refractivity contribution in [2.75, 3.05) is 6.54 Å². The molecule has 0 N–H and O–H groups in total. The minimum atomic E-state index is -0.507. The van der Waals surface area contributed by atoms with Crippen LogP contribution in [-0.4, -0.2) is 34.2 Å². The van der Waals surface area contributed by atoms with Gasteiger partial charge in [-0.05, 0) is 24.3 Å². The molecule has 0 aliphatic carbocycles. The second kappa shape index (κ2) is 7.33. The molecular formula is C17H12BrClN2O4. The van der Waals surface area contributed by atoms with Gasteiger partial charge in [0.05, 0.1) is 17.5 Å². The van der Waals surface area contributed by atoms with E-state index in [4.69, 9.17) is 16.3 Å². The monoisotopic (exact) mass is 422 g/mol. The van der Waals surface area contributed by atoms with Crippen molar-refractivity contribution in [2.24, 2.45) is 0 Å². The summed E-state index contributed by atoms with van der Waals surface area (Å²) in [5.74, 6) is -1.31. The Balaban J connectivity index is 1.55. The zero-order valence-electron chi connectivity index (χ0n) is 12.9. The molecule has 1 aromatic heterocycles. The SMILES string of the molecule is O=C(CCN1C(=O)c2ccc(Br)cc2C1=O)OCc1ccc(Cl)nc1. The van der Waals surface area contributed by atoms with Crippen LogP contribution in [0.15, 0.2) is 41.0 Å². The third kappa shape index (κ3) is 3.88. The smallest absolute Gasteiger partial charge is 0.307 e. The first kappa shape index (κ1) is 17.6. The lowest BCUT2D eigenvalue weighted by Crippen LogP contribution is -2.32. The predicted molar refractivity (Wildman–Crippen MR) is 93.2 cm³/mol. The molecule has 0 spiro atoms. The number of amides is 2. The average molecular weight is 424 g/mol. The number of rotatable bonds is 5. The van der Waals surface area contributed by atoms with Crippen molar-refractivity contribution >= 4 is 45.3 Å². The zero-order valence-corrected chi connectivity index (χ0v) is 15.2. The Morgan fingerprint density at radius 1 is 1.16 bits per heavy atom. The summed E-state index contributed by atoms with van der Waals surface area (Å²) in [7, 11) is 0. The molecule has 1 aliphatic rings. The first-order chi connectivity index (χ1) is 12.0. The van der Waals surface area contributed by atoms with E-state index in [1.807, 2.05) is 0 Å². The van der Waals surface area contributed by atoms with Gasteiger partial charge in [-0.1, -0.05) is 33.6 Å². The number of carbonyl (C=O) groups is 3. The summed E-state index contributed by atoms with van der Waals surface area (Å²) >= 11 is 8.95. The summed E-state index contributed by atoms with van der Waals surface area (Å²) in [6.07, 6.45) is 1.44. The van der Waals surface area contributed by atoms with Gasteiger partial charge in [-0.3, -0.25) is 19.3 Å². The van der Waals surface area contributed by atoms with E-state index in [1.54, 1.807) is 30.3 Å². The van der Waals surface area contributed by atoms with E-state index in [1.165, 1.54) is 6.20 Å². The summed E-state index contributed by atoms with van der Waals surface area (Å²) in [5, 5.41) is 0.354. The van der Waals surface area contributed by atoms with Crippen molar-refractivity contribution in [1.29, 1.82) is 0 Å². The molecule has 8 heteroatoms. The molecule has 0 saturated carbocycles. The molecule has 25 heavy (non-hydrogen) atoms. The van der Waals surface area contributed by atoms with Crippen LogP contribution in [0.2, 0.25) is 5.15 Å². The largest absolute Gasteiger partial charge is 0.461 e. The molecule has 0 saturated heterocycles. The fourth-order valence-electron chi connectivity index (χ4n) is 2.40. The highest BCUT2D eigenvalue weighted by molar-refractivity contribution is 9.10. The zero-order chi connectivity index (χ0) is 18.0. The van der Waals surface area contributed by atoms with Gasteiger partial charge < -0.3 is 4.74 Å². The van der Waals surface area contributed by atoms with Crippen LogP contribution in [0.1, 0.15) is 32.7 Å². The van der Waals surface area contributed by atoms with Gasteiger partial charge in [0.2, 0.25) is 0 Å². The Labute approximate surface area is 156 Å². The van der Waals surface area contributed by atoms with Crippen LogP contribution in [0.3, 0.4) is 0 Å². The third-order valence-electron chi connectivity index (χ3n) is 3.66. The summed E-state index contributed by atoms with van der Waals surface area (Å²) in [6.45, 7) is 0.0275. The van der Waals surface area contributed by atoms with Crippen molar-refractivity contribution in [3.63, 3.8) is 0 Å². The van der Waals surface area contributed by atoms with E-state index in [9.17, 15) is 14.4 Å². The summed E-state index contributed by atoms with van der Waals surface area (Å²) in [5.41, 5.74) is 1.37. The Morgan fingerprint density at radius 2 is 1.92 bits per heavy atom. The maximum absolute atomic E-state index is 12.3. The molecule has 3 rings (SSSR count). The topological polar surface area (TPSA) is 76.6 Å². The van der Waals surface area contributed by atoms with Gasteiger partial charge in [-0.15, -0.1) is 0 Å². The summed E-state index contributed by atoms with van der Waals surface area (Å²) in [6, 6.07) is 8.18. The van der Waals surface area contributed by atoms with E-state index < -0.39 is 17.8 Å². The van der Waals surface area contributed by atoms with E-state index >= 15 is 0 Å². The minimum absolute atomic E-state index is 0.0261. The normalized spacial score (nSPS) is 13.1. The Bertz CT molecular complexity index is 854. The molecule has 2 amide bonds. The number of hydrogen-bond donors (Lipinski definition) is 0. The summed E-state index contributed by atoms with van der Waals surface area (Å²) in [4.78, 5) is 41.4. The van der Waals surface area contributed by atoms with Crippen molar-refractivity contribution in [3.05, 3.63) is 62.8 Å². The molecule has 1 aromatic carbocycles. The van der Waals surface area contributed by atoms with Crippen LogP contribution in [0.5, 0.6) is 0 Å². The minimum Gasteiger partial charge on any atom is -0.461 e. The van der Waals surface area contributed by atoms with Gasteiger partial charge in [0.15, 0.2) is 0 Å². The first-order valence-electron chi connectivity index (χ1n) is 7.37. The average Bonchev–Trinajstić information content (AvgIpc) is 2.83. The molecule has 1 aliphatic heterocycles. The van der Waals surface area contributed by atoms with Crippen LogP contribution in [0.25, 0.3) is 0 Å². The van der Waals surface area contributed by atoms with E-state index in [-0.39, 0.29) is 19.6 Å². The van der Waals surface area contributed by atoms with Gasteiger partial charge in [0, 0.05) is 22.8 Å². The highest BCUT2D eigenvalue weighted by atomic mass is 79.9. The lowest BCUT2D eigenvalue weighted by Gasteiger charge is -2.13. The number of carbonyl (C=O) groups excluding carboxylic acids is 3. The highest BCUT2D eigenvalue weighted by Crippen LogP contribution is 2.26. The molecule has 0 bridgehead atoms. The Kier molecular flexibility index (Phi) is 5.15. The van der Waals surface area contributed by atoms with Crippen LogP contribution in [0, 0.1) is 0 Å². The van der Waals surface area contributed by atoms with E-state index in [0.717, 1.165) is 4.90 Å². The highest BCUT2D eigenvalue weighted by Gasteiger charge is 2.35. The molecule has 0 unspecified atom stereocenters. The Hall–Kier alpha value is -2.25. The van der Waals surface area contributed by atoms with Crippen LogP contribution in [-0.2, 0) is 16.1 Å². The fourth-order valence-corrected chi connectivity index (χ4v) is 2.87. The van der Waals surface area contributed by atoms with Crippen molar-refractivity contribution in [3.8, 4) is 0 Å². The standard InChI is InChI=1S/C17H12BrClN2O4/c18-11-2-3-12-13(7-11)17(24)21(16(12)23)6-5-15(22)25-9-10-1-4-14(19)20-8-10/h1-4,7-8H,5-6,9H2. The lowest BCUT2D eigenvalue weighted by atomic mass is 10.1. The van der Waals surface area contributed by atoms with Crippen molar-refractivity contribution in [2.45, 2.75) is 13.0 Å². The molecule has 0 atom stereocenters. The number of fused-ring (bicyclic) bond motifs is 1. The number of esters is 1. The van der Waals surface area contributed by atoms with Gasteiger partial charge in [0.25, 0.3) is 11.8 Å². The number of halogens is 2. The summed E-state index contributed by atoms with van der Waals surface area (Å²) < 4.78 is 5.83. The number of pyridine rings is 1. The van der Waals surface area contributed by atoms with E-state index in [2.05, 4.69) is 20.9 Å². The number of hydrogen-bond acceptors (Lipinski definition) is 5. The van der Waals surface area contributed by atoms with Crippen molar-refractivity contribution in [1.82, 2.24) is 9.88 Å². The molecule has 2 aromatic rings. The molecule has 0 fully saturated rings. The number of benzene rings is 1. The first-order valence-corrected chi connectivity index (χ1v) is 8.54. The maximum atomic E-state index is 12.3. The second-order valence-electron chi connectivity index (χ2n) is 5.35.